The Balaban J connectivity index is 1.39. The highest BCUT2D eigenvalue weighted by Gasteiger charge is 2.32. The van der Waals surface area contributed by atoms with E-state index in [2.05, 4.69) is 0 Å². The summed E-state index contributed by atoms with van der Waals surface area (Å²) in [5, 5.41) is -4.35. The highest BCUT2D eigenvalue weighted by atomic mass is 32.2. The summed E-state index contributed by atoms with van der Waals surface area (Å²) in [7, 11) is -35.1. The Kier molecular flexibility index (Phi) is 9.20. The average Bonchev–Trinajstić information content (AvgIpc) is 3.10. The zero-order valence-corrected chi connectivity index (χ0v) is 34.5. The van der Waals surface area contributed by atoms with Crippen LogP contribution in [-0.4, -0.2) is 82.7 Å². The molecule has 0 saturated carbocycles. The highest BCUT2D eigenvalue weighted by molar-refractivity contribution is 7.87. The maximum Gasteiger partial charge on any atom is 0.460 e. The van der Waals surface area contributed by atoms with Gasteiger partial charge in [0.15, 0.2) is 0 Å². The van der Waals surface area contributed by atoms with Crippen molar-refractivity contribution in [3.63, 3.8) is 0 Å². The van der Waals surface area contributed by atoms with Crippen molar-refractivity contribution in [2.45, 2.75) is 29.4 Å². The summed E-state index contributed by atoms with van der Waals surface area (Å²) >= 11 is 0. The first kappa shape index (κ1) is 42.0. The van der Waals surface area contributed by atoms with E-state index in [4.69, 9.17) is 9.05 Å². The second kappa shape index (κ2) is 13.1. The molecule has 8 aromatic carbocycles. The van der Waals surface area contributed by atoms with Gasteiger partial charge in [0.2, 0.25) is 0 Å². The Bertz CT molecular complexity index is 3590. The largest absolute Gasteiger partial charge is 0.460 e. The van der Waals surface area contributed by atoms with Crippen LogP contribution in [0.5, 0.6) is 11.5 Å². The normalized spacial score (nSPS) is 13.9. The third kappa shape index (κ3) is 6.72. The standard InChI is InChI=1S/C32H19O21PS6/c33-54(52-21-9-23(55(34,35)36)15-5-7-19-27(59(46,47)48)11-25(57(40,41)42)17-3-1-13(21)29(15)31(17)19)53-22-10-24(56(37,38)39)16-6-8-20-28(60(49,50)51)12-26(58(43,44)45)18-4-2-14(22)30(16)32(18)20/h1-12,33H,(H,34,35,36)(H,37,38,39)(H,40,41,42)(H,43,44,45)(H,46,47,48)(H,49,50,51). The molecule has 0 atom stereocenters. The number of hydrogen-bond acceptors (Lipinski definition) is 15. The molecule has 0 unspecified atom stereocenters. The fraction of sp³-hybridized carbons (Fsp3) is 0. The first-order valence-electron chi connectivity index (χ1n) is 15.7. The lowest BCUT2D eigenvalue weighted by atomic mass is 9.94. The summed E-state index contributed by atoms with van der Waals surface area (Å²) in [6.07, 6.45) is 0. The topological polar surface area (TPSA) is 365 Å². The van der Waals surface area contributed by atoms with E-state index < -0.39 is 143 Å². The zero-order chi connectivity index (χ0) is 44.0. The number of benzene rings is 8. The van der Waals surface area contributed by atoms with Crippen LogP contribution in [0, 0.1) is 0 Å². The molecule has 60 heavy (non-hydrogen) atoms. The van der Waals surface area contributed by atoms with Gasteiger partial charge in [-0.15, -0.1) is 0 Å². The Morgan fingerprint density at radius 1 is 0.317 bits per heavy atom. The molecule has 21 nitrogen and oxygen atoms in total. The van der Waals surface area contributed by atoms with Gasteiger partial charge in [-0.2, -0.15) is 50.5 Å². The SMILES string of the molecule is O=S(=O)(O)c1cc(OP(O)Oc2cc(S(=O)(=O)O)c3ccc4c(S(=O)(=O)O)cc(S(=O)(=O)O)c5ccc2c3c54)c2ccc3c(S(=O)(=O)O)cc(S(=O)(=O)O)c4ccc1c2c34. The lowest BCUT2D eigenvalue weighted by Gasteiger charge is -2.21. The van der Waals surface area contributed by atoms with Crippen molar-refractivity contribution in [2.24, 2.45) is 0 Å². The molecule has 0 saturated heterocycles. The van der Waals surface area contributed by atoms with Crippen LogP contribution in [0.1, 0.15) is 0 Å². The quantitative estimate of drug-likeness (QED) is 0.0557. The molecule has 0 aromatic heterocycles. The molecule has 0 fully saturated rings. The van der Waals surface area contributed by atoms with Gasteiger partial charge in [-0.3, -0.25) is 27.3 Å². The second-order valence-corrected chi connectivity index (χ2v) is 22.1. The van der Waals surface area contributed by atoms with E-state index in [1.807, 2.05) is 0 Å². The zero-order valence-electron chi connectivity index (χ0n) is 28.7. The Hall–Kier alpha value is -4.71. The third-order valence-corrected chi connectivity index (χ3v) is 15.6. The van der Waals surface area contributed by atoms with E-state index in [-0.39, 0.29) is 32.3 Å². The maximum absolute atomic E-state index is 12.7. The molecule has 0 heterocycles. The van der Waals surface area contributed by atoms with Crippen molar-refractivity contribution in [3.05, 3.63) is 72.8 Å². The fourth-order valence-electron chi connectivity index (χ4n) is 7.35. The molecule has 0 aliphatic rings. The first-order valence-corrected chi connectivity index (χ1v) is 25.5. The van der Waals surface area contributed by atoms with Crippen LogP contribution in [0.15, 0.2) is 102 Å². The molecule has 0 aliphatic heterocycles. The van der Waals surface area contributed by atoms with Gasteiger partial charge >= 0.3 is 8.60 Å². The summed E-state index contributed by atoms with van der Waals surface area (Å²) in [4.78, 5) is 5.19. The van der Waals surface area contributed by atoms with Gasteiger partial charge in [0.1, 0.15) is 40.9 Å². The molecule has 0 amide bonds. The van der Waals surface area contributed by atoms with Crippen molar-refractivity contribution in [2.75, 3.05) is 0 Å². The molecule has 7 N–H and O–H groups in total. The van der Waals surface area contributed by atoms with Gasteiger partial charge in [-0.05, 0) is 24.3 Å². The first-order chi connectivity index (χ1) is 27.5. The van der Waals surface area contributed by atoms with Crippen LogP contribution in [-0.2, 0) is 60.7 Å². The van der Waals surface area contributed by atoms with Crippen molar-refractivity contribution < 1.29 is 91.8 Å². The van der Waals surface area contributed by atoms with E-state index in [0.29, 0.717) is 24.3 Å². The van der Waals surface area contributed by atoms with Gasteiger partial charge < -0.3 is 13.9 Å². The summed E-state index contributed by atoms with van der Waals surface area (Å²) in [6, 6.07) is 10.5. The predicted molar refractivity (Wildman–Crippen MR) is 210 cm³/mol. The smallest absolute Gasteiger partial charge is 0.417 e. The minimum absolute atomic E-state index is 0.237. The minimum Gasteiger partial charge on any atom is -0.417 e. The van der Waals surface area contributed by atoms with E-state index in [1.54, 1.807) is 0 Å². The monoisotopic (exact) mass is 962 g/mol. The second-order valence-electron chi connectivity index (χ2n) is 12.9. The summed E-state index contributed by atoms with van der Waals surface area (Å²) in [6.45, 7) is 0. The summed E-state index contributed by atoms with van der Waals surface area (Å²) < 4.78 is 222. The van der Waals surface area contributed by atoms with E-state index in [1.165, 1.54) is 0 Å². The number of hydrogen-bond donors (Lipinski definition) is 7. The van der Waals surface area contributed by atoms with Crippen LogP contribution >= 0.6 is 8.60 Å². The Morgan fingerprint density at radius 3 is 0.717 bits per heavy atom. The van der Waals surface area contributed by atoms with Gasteiger partial charge in [-0.1, -0.05) is 36.4 Å². The Labute approximate surface area is 337 Å². The van der Waals surface area contributed by atoms with E-state index in [0.717, 1.165) is 48.5 Å². The van der Waals surface area contributed by atoms with Gasteiger partial charge in [0, 0.05) is 76.8 Å². The molecule has 0 aliphatic carbocycles. The number of rotatable bonds is 10. The highest BCUT2D eigenvalue weighted by Crippen LogP contribution is 2.51. The van der Waals surface area contributed by atoms with Crippen molar-refractivity contribution >= 4 is 134 Å². The van der Waals surface area contributed by atoms with Crippen LogP contribution in [0.2, 0.25) is 0 Å². The molecule has 0 spiro atoms. The van der Waals surface area contributed by atoms with Crippen molar-refractivity contribution in [3.8, 4) is 11.5 Å². The summed E-state index contributed by atoms with van der Waals surface area (Å²) in [5.74, 6) is -1.35. The molecule has 28 heteroatoms. The fourth-order valence-corrected chi connectivity index (χ4v) is 12.4. The predicted octanol–water partition coefficient (Wildman–Crippen LogP) is 4.64. The lowest BCUT2D eigenvalue weighted by molar-refractivity contribution is 0.384. The lowest BCUT2D eigenvalue weighted by Crippen LogP contribution is -2.07. The van der Waals surface area contributed by atoms with Crippen LogP contribution in [0.25, 0.3) is 64.6 Å². The minimum atomic E-state index is -5.28. The van der Waals surface area contributed by atoms with Gasteiger partial charge in [-0.25, -0.2) is 0 Å². The molecular weight excluding hydrogens is 944 g/mol. The molecule has 314 valence electrons. The molecule has 8 aromatic rings. The van der Waals surface area contributed by atoms with E-state index >= 15 is 0 Å². The van der Waals surface area contributed by atoms with Crippen LogP contribution < -0.4 is 9.05 Å². The summed E-state index contributed by atoms with van der Waals surface area (Å²) in [5.41, 5.74) is 0. The van der Waals surface area contributed by atoms with Crippen LogP contribution in [0.4, 0.5) is 0 Å². The average molecular weight is 963 g/mol. The van der Waals surface area contributed by atoms with Crippen molar-refractivity contribution in [1.29, 1.82) is 0 Å². The van der Waals surface area contributed by atoms with Gasteiger partial charge in [0.05, 0.1) is 0 Å². The molecule has 8 rings (SSSR count). The molecule has 0 radical (unpaired) electrons. The molecule has 0 bridgehead atoms. The maximum atomic E-state index is 12.7. The Morgan fingerprint density at radius 2 is 0.500 bits per heavy atom. The van der Waals surface area contributed by atoms with Gasteiger partial charge in [0.25, 0.3) is 60.7 Å². The van der Waals surface area contributed by atoms with E-state index in [9.17, 15) is 82.7 Å². The third-order valence-electron chi connectivity index (χ3n) is 9.51. The molecular formula is C32H19O21PS6. The van der Waals surface area contributed by atoms with Crippen molar-refractivity contribution in [1.82, 2.24) is 0 Å². The van der Waals surface area contributed by atoms with Crippen LogP contribution in [0.3, 0.4) is 0 Å².